The van der Waals surface area contributed by atoms with E-state index in [4.69, 9.17) is 0 Å². The summed E-state index contributed by atoms with van der Waals surface area (Å²) in [5.74, 6) is -5.64. The molecule has 8 heteroatoms. The first kappa shape index (κ1) is 13.2. The van der Waals surface area contributed by atoms with Gasteiger partial charge in [0.1, 0.15) is 11.4 Å². The lowest BCUT2D eigenvalue weighted by Crippen LogP contribution is -2.19. The van der Waals surface area contributed by atoms with E-state index in [1.165, 1.54) is 0 Å². The lowest BCUT2D eigenvalue weighted by Gasteiger charge is -2.11. The van der Waals surface area contributed by atoms with Crippen molar-refractivity contribution in [3.05, 3.63) is 29.3 Å². The first-order valence-electron chi connectivity index (χ1n) is 4.07. The largest absolute Gasteiger partial charge is 0.573 e. The van der Waals surface area contributed by atoms with Crippen LogP contribution in [0.4, 0.5) is 22.0 Å². The zero-order chi connectivity index (χ0) is 13.2. The van der Waals surface area contributed by atoms with Gasteiger partial charge in [-0.1, -0.05) is 0 Å². The quantitative estimate of drug-likeness (QED) is 0.602. The van der Waals surface area contributed by atoms with Crippen LogP contribution in [0.15, 0.2) is 12.1 Å². The molecule has 0 spiro atoms. The number of alkyl halides is 3. The van der Waals surface area contributed by atoms with E-state index in [2.05, 4.69) is 9.47 Å². The maximum absolute atomic E-state index is 13.3. The van der Waals surface area contributed by atoms with E-state index in [1.807, 2.05) is 0 Å². The molecule has 0 aliphatic rings. The molecular weight excluding hydrogens is 251 g/mol. The SMILES string of the molecule is COC(=O)c1cc(F)cc(OC(F)(F)F)c1F. The Morgan fingerprint density at radius 2 is 1.82 bits per heavy atom. The molecule has 0 saturated heterocycles. The number of rotatable bonds is 2. The average molecular weight is 256 g/mol. The number of esters is 1. The molecule has 0 saturated carbocycles. The first-order valence-corrected chi connectivity index (χ1v) is 4.07. The Morgan fingerprint density at radius 1 is 1.24 bits per heavy atom. The van der Waals surface area contributed by atoms with Crippen LogP contribution >= 0.6 is 0 Å². The molecule has 0 heterocycles. The van der Waals surface area contributed by atoms with Crippen LogP contribution in [0.1, 0.15) is 10.4 Å². The van der Waals surface area contributed by atoms with Crippen molar-refractivity contribution in [2.45, 2.75) is 6.36 Å². The van der Waals surface area contributed by atoms with Crippen molar-refractivity contribution < 1.29 is 36.2 Å². The zero-order valence-electron chi connectivity index (χ0n) is 8.27. The Bertz CT molecular complexity index is 441. The average Bonchev–Trinajstić information content (AvgIpc) is 2.19. The minimum Gasteiger partial charge on any atom is -0.465 e. The van der Waals surface area contributed by atoms with Gasteiger partial charge in [-0.3, -0.25) is 0 Å². The van der Waals surface area contributed by atoms with Gasteiger partial charge in [0.2, 0.25) is 0 Å². The van der Waals surface area contributed by atoms with Gasteiger partial charge in [0.15, 0.2) is 11.6 Å². The molecule has 17 heavy (non-hydrogen) atoms. The number of benzene rings is 1. The Balaban J connectivity index is 3.24. The molecule has 0 aliphatic carbocycles. The summed E-state index contributed by atoms with van der Waals surface area (Å²) in [4.78, 5) is 10.9. The van der Waals surface area contributed by atoms with Crippen LogP contribution in [-0.4, -0.2) is 19.4 Å². The molecule has 0 bridgehead atoms. The Labute approximate surface area is 91.7 Å². The molecule has 1 aromatic carbocycles. The van der Waals surface area contributed by atoms with Crippen LogP contribution < -0.4 is 4.74 Å². The summed E-state index contributed by atoms with van der Waals surface area (Å²) in [7, 11) is 0.872. The minimum atomic E-state index is -5.19. The van der Waals surface area contributed by atoms with E-state index in [-0.39, 0.29) is 6.07 Å². The van der Waals surface area contributed by atoms with Gasteiger partial charge in [-0.05, 0) is 6.07 Å². The maximum Gasteiger partial charge on any atom is 0.573 e. The molecule has 0 aromatic heterocycles. The number of hydrogen-bond donors (Lipinski definition) is 0. The highest BCUT2D eigenvalue weighted by molar-refractivity contribution is 5.90. The number of hydrogen-bond acceptors (Lipinski definition) is 3. The van der Waals surface area contributed by atoms with Gasteiger partial charge in [-0.25, -0.2) is 13.6 Å². The Kier molecular flexibility index (Phi) is 3.54. The van der Waals surface area contributed by atoms with E-state index in [9.17, 15) is 26.7 Å². The fraction of sp³-hybridized carbons (Fsp3) is 0.222. The molecule has 1 aromatic rings. The third-order valence-electron chi connectivity index (χ3n) is 1.63. The van der Waals surface area contributed by atoms with Gasteiger partial charge >= 0.3 is 12.3 Å². The molecule has 0 amide bonds. The topological polar surface area (TPSA) is 35.5 Å². The van der Waals surface area contributed by atoms with Crippen molar-refractivity contribution in [1.82, 2.24) is 0 Å². The van der Waals surface area contributed by atoms with Gasteiger partial charge in [-0.2, -0.15) is 0 Å². The summed E-state index contributed by atoms with van der Waals surface area (Å²) in [6.45, 7) is 0. The van der Waals surface area contributed by atoms with Crippen molar-refractivity contribution in [2.75, 3.05) is 7.11 Å². The van der Waals surface area contributed by atoms with Crippen LogP contribution in [0, 0.1) is 11.6 Å². The molecule has 0 aliphatic heterocycles. The van der Waals surface area contributed by atoms with E-state index in [1.54, 1.807) is 0 Å². The summed E-state index contributed by atoms with van der Waals surface area (Å²) in [5, 5.41) is 0. The fourth-order valence-electron chi connectivity index (χ4n) is 1.02. The second-order valence-corrected chi connectivity index (χ2v) is 2.80. The Hall–Kier alpha value is -1.86. The minimum absolute atomic E-state index is 0.176. The van der Waals surface area contributed by atoms with Gasteiger partial charge in [0.05, 0.1) is 7.11 Å². The molecule has 0 unspecified atom stereocenters. The number of ether oxygens (including phenoxy) is 2. The van der Waals surface area contributed by atoms with Gasteiger partial charge in [0, 0.05) is 6.07 Å². The van der Waals surface area contributed by atoms with E-state index in [0.29, 0.717) is 6.07 Å². The standard InChI is InChI=1S/C9H5F5O3/c1-16-8(15)5-2-4(10)3-6(7(5)11)17-9(12,13)14/h2-3H,1H3. The van der Waals surface area contributed by atoms with Crippen LogP contribution in [-0.2, 0) is 4.74 Å². The van der Waals surface area contributed by atoms with Crippen molar-refractivity contribution >= 4 is 5.97 Å². The van der Waals surface area contributed by atoms with Crippen molar-refractivity contribution in [3.63, 3.8) is 0 Å². The molecule has 0 atom stereocenters. The first-order chi connectivity index (χ1) is 7.74. The summed E-state index contributed by atoms with van der Waals surface area (Å²) in [6, 6.07) is 0.583. The monoisotopic (exact) mass is 256 g/mol. The number of methoxy groups -OCH3 is 1. The summed E-state index contributed by atoms with van der Waals surface area (Å²) in [5.41, 5.74) is -0.980. The summed E-state index contributed by atoms with van der Waals surface area (Å²) in [6.07, 6.45) is -5.19. The number of carbonyl (C=O) groups is 1. The lowest BCUT2D eigenvalue weighted by atomic mass is 10.2. The smallest absolute Gasteiger partial charge is 0.465 e. The maximum atomic E-state index is 13.3. The molecular formula is C9H5F5O3. The molecule has 1 rings (SSSR count). The van der Waals surface area contributed by atoms with Crippen molar-refractivity contribution in [2.24, 2.45) is 0 Å². The third kappa shape index (κ3) is 3.30. The van der Waals surface area contributed by atoms with Crippen LogP contribution in [0.3, 0.4) is 0 Å². The molecule has 0 radical (unpaired) electrons. The Morgan fingerprint density at radius 3 is 2.29 bits per heavy atom. The second kappa shape index (κ2) is 4.56. The molecule has 94 valence electrons. The van der Waals surface area contributed by atoms with Gasteiger partial charge in [-0.15, -0.1) is 13.2 Å². The number of halogens is 5. The van der Waals surface area contributed by atoms with Crippen molar-refractivity contribution in [3.8, 4) is 5.75 Å². The van der Waals surface area contributed by atoms with Gasteiger partial charge in [0.25, 0.3) is 0 Å². The summed E-state index contributed by atoms with van der Waals surface area (Å²) < 4.78 is 69.0. The third-order valence-corrected chi connectivity index (χ3v) is 1.63. The van der Waals surface area contributed by atoms with Gasteiger partial charge < -0.3 is 9.47 Å². The molecule has 0 fully saturated rings. The molecule has 0 N–H and O–H groups in total. The van der Waals surface area contributed by atoms with Crippen LogP contribution in [0.5, 0.6) is 5.75 Å². The van der Waals surface area contributed by atoms with Crippen LogP contribution in [0.2, 0.25) is 0 Å². The summed E-state index contributed by atoms with van der Waals surface area (Å²) >= 11 is 0. The highest BCUT2D eigenvalue weighted by Gasteiger charge is 2.33. The highest BCUT2D eigenvalue weighted by atomic mass is 19.4. The zero-order valence-corrected chi connectivity index (χ0v) is 8.27. The molecule has 3 nitrogen and oxygen atoms in total. The highest BCUT2D eigenvalue weighted by Crippen LogP contribution is 2.28. The lowest BCUT2D eigenvalue weighted by molar-refractivity contribution is -0.275. The van der Waals surface area contributed by atoms with E-state index >= 15 is 0 Å². The normalized spacial score (nSPS) is 11.2. The van der Waals surface area contributed by atoms with E-state index < -0.39 is 35.3 Å². The second-order valence-electron chi connectivity index (χ2n) is 2.80. The fourth-order valence-corrected chi connectivity index (χ4v) is 1.02. The number of carbonyl (C=O) groups excluding carboxylic acids is 1. The van der Waals surface area contributed by atoms with Crippen LogP contribution in [0.25, 0.3) is 0 Å². The predicted molar refractivity (Wildman–Crippen MR) is 44.4 cm³/mol. The predicted octanol–water partition coefficient (Wildman–Crippen LogP) is 2.65. The van der Waals surface area contributed by atoms with E-state index in [0.717, 1.165) is 7.11 Å². The van der Waals surface area contributed by atoms with Crippen molar-refractivity contribution in [1.29, 1.82) is 0 Å².